The third-order valence-corrected chi connectivity index (χ3v) is 4.62. The van der Waals surface area contributed by atoms with E-state index in [9.17, 15) is 13.5 Å². The minimum atomic E-state index is -3.67. The molecule has 0 fully saturated rings. The summed E-state index contributed by atoms with van der Waals surface area (Å²) in [6, 6.07) is 0. The van der Waals surface area contributed by atoms with Gasteiger partial charge in [0.15, 0.2) is 5.03 Å². The van der Waals surface area contributed by atoms with Gasteiger partial charge in [-0.25, -0.2) is 18.1 Å². The van der Waals surface area contributed by atoms with Gasteiger partial charge in [0.1, 0.15) is 5.82 Å². The second-order valence-corrected chi connectivity index (χ2v) is 8.28. The Labute approximate surface area is 127 Å². The van der Waals surface area contributed by atoms with Crippen molar-refractivity contribution in [2.75, 3.05) is 6.54 Å². The SMILES string of the molecule is CC(C)CCC(C)(O)CNS(=O)(=O)c1cnc(C(C)C)[nH]1. The predicted molar refractivity (Wildman–Crippen MR) is 82.6 cm³/mol. The van der Waals surface area contributed by atoms with Gasteiger partial charge < -0.3 is 10.1 Å². The molecule has 1 rings (SSSR count). The average molecular weight is 317 g/mol. The molecule has 0 radical (unpaired) electrons. The summed E-state index contributed by atoms with van der Waals surface area (Å²) < 4.78 is 26.8. The van der Waals surface area contributed by atoms with Gasteiger partial charge in [0, 0.05) is 12.5 Å². The van der Waals surface area contributed by atoms with Crippen molar-refractivity contribution in [1.82, 2.24) is 14.7 Å². The first kappa shape index (κ1) is 18.1. The highest BCUT2D eigenvalue weighted by Crippen LogP contribution is 2.17. The zero-order valence-electron chi connectivity index (χ0n) is 13.5. The highest BCUT2D eigenvalue weighted by Gasteiger charge is 2.25. The van der Waals surface area contributed by atoms with Crippen LogP contribution in [0.15, 0.2) is 11.2 Å². The molecule has 21 heavy (non-hydrogen) atoms. The number of imidazole rings is 1. The number of hydrogen-bond donors (Lipinski definition) is 3. The zero-order valence-corrected chi connectivity index (χ0v) is 14.3. The Balaban J connectivity index is 2.67. The second-order valence-electron chi connectivity index (χ2n) is 6.54. The summed E-state index contributed by atoms with van der Waals surface area (Å²) in [5, 5.41) is 10.2. The number of aliphatic hydroxyl groups is 1. The molecular weight excluding hydrogens is 290 g/mol. The van der Waals surface area contributed by atoms with E-state index in [0.29, 0.717) is 18.2 Å². The maximum Gasteiger partial charge on any atom is 0.257 e. The van der Waals surface area contributed by atoms with Crippen LogP contribution in [0.25, 0.3) is 0 Å². The number of aromatic amines is 1. The van der Waals surface area contributed by atoms with E-state index in [2.05, 4.69) is 28.5 Å². The maximum absolute atomic E-state index is 12.2. The van der Waals surface area contributed by atoms with Gasteiger partial charge in [0.25, 0.3) is 10.0 Å². The molecule has 1 aromatic rings. The van der Waals surface area contributed by atoms with Crippen LogP contribution in [0.2, 0.25) is 0 Å². The number of hydrogen-bond acceptors (Lipinski definition) is 4. The molecule has 122 valence electrons. The molecule has 0 aromatic carbocycles. The molecule has 0 aliphatic rings. The molecule has 6 nitrogen and oxygen atoms in total. The number of H-pyrrole nitrogens is 1. The minimum Gasteiger partial charge on any atom is -0.389 e. The van der Waals surface area contributed by atoms with Crippen molar-refractivity contribution in [2.24, 2.45) is 5.92 Å². The van der Waals surface area contributed by atoms with Crippen LogP contribution in [0.4, 0.5) is 0 Å². The summed E-state index contributed by atoms with van der Waals surface area (Å²) in [5.41, 5.74) is -1.06. The lowest BCUT2D eigenvalue weighted by molar-refractivity contribution is 0.0506. The molecule has 0 amide bonds. The molecule has 1 heterocycles. The smallest absolute Gasteiger partial charge is 0.257 e. The first-order valence-corrected chi connectivity index (χ1v) is 8.79. The summed E-state index contributed by atoms with van der Waals surface area (Å²) in [5.74, 6) is 1.22. The van der Waals surface area contributed by atoms with Crippen molar-refractivity contribution in [3.05, 3.63) is 12.0 Å². The molecule has 0 bridgehead atoms. The molecule has 0 spiro atoms. The van der Waals surface area contributed by atoms with Crippen molar-refractivity contribution in [3.63, 3.8) is 0 Å². The molecule has 3 N–H and O–H groups in total. The molecular formula is C14H27N3O3S. The van der Waals surface area contributed by atoms with Crippen molar-refractivity contribution >= 4 is 10.0 Å². The summed E-state index contributed by atoms with van der Waals surface area (Å²) in [6.07, 6.45) is 2.70. The fourth-order valence-corrected chi connectivity index (χ4v) is 2.85. The maximum atomic E-state index is 12.2. The molecule has 0 saturated heterocycles. The van der Waals surface area contributed by atoms with E-state index in [1.54, 1.807) is 6.92 Å². The zero-order chi connectivity index (χ0) is 16.3. The molecule has 1 aromatic heterocycles. The Morgan fingerprint density at radius 1 is 1.38 bits per heavy atom. The normalized spacial score (nSPS) is 15.6. The van der Waals surface area contributed by atoms with E-state index in [-0.39, 0.29) is 17.5 Å². The van der Waals surface area contributed by atoms with E-state index in [0.717, 1.165) is 6.42 Å². The molecule has 1 atom stereocenters. The summed E-state index contributed by atoms with van der Waals surface area (Å²) in [4.78, 5) is 6.84. The number of aromatic nitrogens is 2. The molecule has 0 saturated carbocycles. The van der Waals surface area contributed by atoms with Crippen LogP contribution in [0.1, 0.15) is 59.2 Å². The van der Waals surface area contributed by atoms with Gasteiger partial charge in [0.05, 0.1) is 11.8 Å². The van der Waals surface area contributed by atoms with Crippen LogP contribution in [0.5, 0.6) is 0 Å². The van der Waals surface area contributed by atoms with E-state index >= 15 is 0 Å². The average Bonchev–Trinajstić information content (AvgIpc) is 2.85. The van der Waals surface area contributed by atoms with Crippen molar-refractivity contribution in [1.29, 1.82) is 0 Å². The largest absolute Gasteiger partial charge is 0.389 e. The summed E-state index contributed by atoms with van der Waals surface area (Å²) in [6.45, 7) is 9.62. The molecule has 0 aliphatic carbocycles. The number of nitrogens with zero attached hydrogens (tertiary/aromatic N) is 1. The van der Waals surface area contributed by atoms with E-state index in [1.807, 2.05) is 13.8 Å². The standard InChI is InChI=1S/C14H27N3O3S/c1-10(2)6-7-14(5,18)9-16-21(19,20)12-8-15-13(17-12)11(3)4/h8,10-11,16,18H,6-7,9H2,1-5H3,(H,15,17). The van der Waals surface area contributed by atoms with Gasteiger partial charge in [-0.3, -0.25) is 0 Å². The third kappa shape index (κ3) is 5.76. The topological polar surface area (TPSA) is 95.1 Å². The Hall–Kier alpha value is -0.920. The number of sulfonamides is 1. The Bertz CT molecular complexity index is 548. The number of rotatable bonds is 8. The van der Waals surface area contributed by atoms with Gasteiger partial charge in [-0.2, -0.15) is 0 Å². The van der Waals surface area contributed by atoms with Gasteiger partial charge in [-0.15, -0.1) is 0 Å². The van der Waals surface area contributed by atoms with Crippen molar-refractivity contribution < 1.29 is 13.5 Å². The summed E-state index contributed by atoms with van der Waals surface area (Å²) in [7, 11) is -3.67. The van der Waals surface area contributed by atoms with E-state index in [4.69, 9.17) is 0 Å². The van der Waals surface area contributed by atoms with Gasteiger partial charge >= 0.3 is 0 Å². The van der Waals surface area contributed by atoms with Crippen LogP contribution in [-0.4, -0.2) is 35.6 Å². The Kier molecular flexibility index (Phi) is 5.95. The van der Waals surface area contributed by atoms with Crippen LogP contribution in [-0.2, 0) is 10.0 Å². The van der Waals surface area contributed by atoms with Crippen LogP contribution < -0.4 is 4.72 Å². The summed E-state index contributed by atoms with van der Waals surface area (Å²) >= 11 is 0. The fraction of sp³-hybridized carbons (Fsp3) is 0.786. The van der Waals surface area contributed by atoms with Crippen molar-refractivity contribution in [3.8, 4) is 0 Å². The number of nitrogens with one attached hydrogen (secondary N) is 2. The van der Waals surface area contributed by atoms with Crippen molar-refractivity contribution in [2.45, 2.75) is 64.0 Å². The van der Waals surface area contributed by atoms with Crippen LogP contribution in [0.3, 0.4) is 0 Å². The van der Waals surface area contributed by atoms with Gasteiger partial charge in [-0.1, -0.05) is 27.7 Å². The predicted octanol–water partition coefficient (Wildman–Crippen LogP) is 2.00. The monoisotopic (exact) mass is 317 g/mol. The minimum absolute atomic E-state index is 0.0158. The van der Waals surface area contributed by atoms with Gasteiger partial charge in [0.2, 0.25) is 0 Å². The fourth-order valence-electron chi connectivity index (χ4n) is 1.77. The second kappa shape index (κ2) is 6.89. The van der Waals surface area contributed by atoms with E-state index in [1.165, 1.54) is 6.20 Å². The van der Waals surface area contributed by atoms with Crippen LogP contribution >= 0.6 is 0 Å². The highest BCUT2D eigenvalue weighted by molar-refractivity contribution is 7.89. The molecule has 1 unspecified atom stereocenters. The van der Waals surface area contributed by atoms with Crippen LogP contribution in [0, 0.1) is 5.92 Å². The first-order valence-electron chi connectivity index (χ1n) is 7.30. The lowest BCUT2D eigenvalue weighted by Gasteiger charge is -2.24. The lowest BCUT2D eigenvalue weighted by Crippen LogP contribution is -2.40. The Morgan fingerprint density at radius 2 is 2.00 bits per heavy atom. The first-order chi connectivity index (χ1) is 9.53. The lowest BCUT2D eigenvalue weighted by atomic mass is 9.96. The molecule has 0 aliphatic heterocycles. The molecule has 7 heteroatoms. The van der Waals surface area contributed by atoms with E-state index < -0.39 is 15.6 Å². The highest BCUT2D eigenvalue weighted by atomic mass is 32.2. The van der Waals surface area contributed by atoms with Gasteiger partial charge in [-0.05, 0) is 25.7 Å². The quantitative estimate of drug-likeness (QED) is 0.683. The third-order valence-electron chi connectivity index (χ3n) is 3.31. The Morgan fingerprint density at radius 3 is 2.48 bits per heavy atom.